The first-order valence-electron chi connectivity index (χ1n) is 9.12. The molecule has 1 aromatic rings. The van der Waals surface area contributed by atoms with Gasteiger partial charge in [-0.1, -0.05) is 6.07 Å². The van der Waals surface area contributed by atoms with Crippen LogP contribution in [0.1, 0.15) is 19.3 Å². The Morgan fingerprint density at radius 2 is 2.07 bits per heavy atom. The van der Waals surface area contributed by atoms with Crippen LogP contribution in [-0.4, -0.2) is 56.4 Å². The smallest absolute Gasteiger partial charge is 0.319 e. The summed E-state index contributed by atoms with van der Waals surface area (Å²) in [6.45, 7) is 1.53. The summed E-state index contributed by atoms with van der Waals surface area (Å²) in [7, 11) is -3.09. The molecular formula is C18H24FN3O4S. The highest BCUT2D eigenvalue weighted by molar-refractivity contribution is 7.91. The molecule has 0 aliphatic carbocycles. The number of nitrogens with one attached hydrogen (secondary N) is 2. The minimum Gasteiger partial charge on any atom is -0.342 e. The van der Waals surface area contributed by atoms with Crippen LogP contribution in [-0.2, 0) is 14.6 Å². The van der Waals surface area contributed by atoms with Gasteiger partial charge < -0.3 is 15.5 Å². The molecular weight excluding hydrogens is 373 g/mol. The van der Waals surface area contributed by atoms with Gasteiger partial charge in [-0.3, -0.25) is 4.79 Å². The maximum absolute atomic E-state index is 13.1. The summed E-state index contributed by atoms with van der Waals surface area (Å²) in [6, 6.07) is 5.21. The number of anilines is 1. The minimum atomic E-state index is -3.09. The second-order valence-corrected chi connectivity index (χ2v) is 9.47. The Bertz CT molecular complexity index is 815. The monoisotopic (exact) mass is 397 g/mol. The number of rotatable bonds is 4. The van der Waals surface area contributed by atoms with Crippen molar-refractivity contribution in [3.63, 3.8) is 0 Å². The molecule has 3 amide bonds. The van der Waals surface area contributed by atoms with Gasteiger partial charge in [0.05, 0.1) is 17.4 Å². The molecule has 9 heteroatoms. The second-order valence-electron chi connectivity index (χ2n) is 7.24. The number of urea groups is 1. The van der Waals surface area contributed by atoms with Gasteiger partial charge in [0.15, 0.2) is 9.84 Å². The zero-order valence-corrected chi connectivity index (χ0v) is 15.8. The number of piperidine rings is 1. The molecule has 7 nitrogen and oxygen atoms in total. The zero-order chi connectivity index (χ0) is 19.4. The minimum absolute atomic E-state index is 0.0543. The van der Waals surface area contributed by atoms with Crippen molar-refractivity contribution in [1.82, 2.24) is 10.2 Å². The lowest BCUT2D eigenvalue weighted by atomic mass is 9.96. The van der Waals surface area contributed by atoms with Crippen LogP contribution in [0.2, 0.25) is 0 Å². The van der Waals surface area contributed by atoms with E-state index < -0.39 is 27.6 Å². The van der Waals surface area contributed by atoms with E-state index in [1.807, 2.05) is 0 Å². The van der Waals surface area contributed by atoms with Crippen LogP contribution >= 0.6 is 0 Å². The van der Waals surface area contributed by atoms with Gasteiger partial charge in [0, 0.05) is 25.3 Å². The number of hydrogen-bond donors (Lipinski definition) is 2. The van der Waals surface area contributed by atoms with Crippen molar-refractivity contribution in [2.45, 2.75) is 19.3 Å². The summed E-state index contributed by atoms with van der Waals surface area (Å²) in [4.78, 5) is 26.3. The van der Waals surface area contributed by atoms with Crippen molar-refractivity contribution in [2.24, 2.45) is 11.8 Å². The first-order valence-corrected chi connectivity index (χ1v) is 10.9. The highest BCUT2D eigenvalue weighted by Crippen LogP contribution is 2.24. The van der Waals surface area contributed by atoms with Crippen LogP contribution in [0.25, 0.3) is 0 Å². The van der Waals surface area contributed by atoms with E-state index in [-0.39, 0.29) is 23.3 Å². The Morgan fingerprint density at radius 1 is 1.26 bits per heavy atom. The van der Waals surface area contributed by atoms with Crippen LogP contribution in [0.15, 0.2) is 24.3 Å². The molecule has 27 heavy (non-hydrogen) atoms. The van der Waals surface area contributed by atoms with E-state index in [0.717, 1.165) is 12.8 Å². The van der Waals surface area contributed by atoms with Crippen LogP contribution in [0.3, 0.4) is 0 Å². The van der Waals surface area contributed by atoms with Crippen molar-refractivity contribution in [3.8, 4) is 0 Å². The Kier molecular flexibility index (Phi) is 5.98. The molecule has 0 aromatic heterocycles. The number of amides is 3. The normalized spacial score (nSPS) is 24.4. The van der Waals surface area contributed by atoms with Crippen LogP contribution < -0.4 is 10.6 Å². The van der Waals surface area contributed by atoms with Crippen LogP contribution in [0.4, 0.5) is 14.9 Å². The fourth-order valence-corrected chi connectivity index (χ4v) is 5.39. The Balaban J connectivity index is 1.47. The third-order valence-corrected chi connectivity index (χ3v) is 6.81. The van der Waals surface area contributed by atoms with Crippen LogP contribution in [0, 0.1) is 17.7 Å². The van der Waals surface area contributed by atoms with Gasteiger partial charge in [-0.2, -0.15) is 0 Å². The fraction of sp³-hybridized carbons (Fsp3) is 0.556. The summed E-state index contributed by atoms with van der Waals surface area (Å²) in [5, 5.41) is 5.33. The lowest BCUT2D eigenvalue weighted by molar-refractivity contribution is -0.136. The molecule has 2 aliphatic heterocycles. The number of nitrogens with zero attached hydrogens (tertiary/aromatic N) is 1. The number of sulfone groups is 1. The molecule has 3 rings (SSSR count). The number of halogens is 1. The number of benzene rings is 1. The van der Waals surface area contributed by atoms with Gasteiger partial charge in [-0.15, -0.1) is 0 Å². The van der Waals surface area contributed by atoms with E-state index in [2.05, 4.69) is 10.6 Å². The SMILES string of the molecule is O=C(NCC1CCCN(C(=O)C2CCS(=O)(=O)C2)C1)Nc1cccc(F)c1. The summed E-state index contributed by atoms with van der Waals surface area (Å²) in [6.07, 6.45) is 2.10. The summed E-state index contributed by atoms with van der Waals surface area (Å²) in [5.41, 5.74) is 0.371. The fourth-order valence-electron chi connectivity index (χ4n) is 3.66. The van der Waals surface area contributed by atoms with Crippen molar-refractivity contribution >= 4 is 27.5 Å². The predicted molar refractivity (Wildman–Crippen MR) is 99.5 cm³/mol. The first-order chi connectivity index (χ1) is 12.8. The van der Waals surface area contributed by atoms with Gasteiger partial charge in [0.1, 0.15) is 5.82 Å². The lowest BCUT2D eigenvalue weighted by Crippen LogP contribution is -2.46. The van der Waals surface area contributed by atoms with E-state index in [0.29, 0.717) is 31.7 Å². The largest absolute Gasteiger partial charge is 0.342 e. The summed E-state index contributed by atoms with van der Waals surface area (Å²) in [5.74, 6) is -0.811. The number of carbonyl (C=O) groups excluding carboxylic acids is 2. The first kappa shape index (κ1) is 19.6. The second kappa shape index (κ2) is 8.24. The van der Waals surface area contributed by atoms with Crippen molar-refractivity contribution in [2.75, 3.05) is 36.5 Å². The highest BCUT2D eigenvalue weighted by Gasteiger charge is 2.36. The van der Waals surface area contributed by atoms with Gasteiger partial charge in [0.2, 0.25) is 5.91 Å². The summed E-state index contributed by atoms with van der Waals surface area (Å²) < 4.78 is 36.3. The van der Waals surface area contributed by atoms with Gasteiger partial charge >= 0.3 is 6.03 Å². The maximum Gasteiger partial charge on any atom is 0.319 e. The average Bonchev–Trinajstić information content (AvgIpc) is 2.99. The van der Waals surface area contributed by atoms with Crippen LogP contribution in [0.5, 0.6) is 0 Å². The van der Waals surface area contributed by atoms with Crippen molar-refractivity contribution in [1.29, 1.82) is 0 Å². The third-order valence-electron chi connectivity index (χ3n) is 5.05. The number of carbonyl (C=O) groups is 2. The molecule has 148 valence electrons. The van der Waals surface area contributed by atoms with Gasteiger partial charge in [-0.25, -0.2) is 17.6 Å². The quantitative estimate of drug-likeness (QED) is 0.807. The molecule has 2 saturated heterocycles. The topological polar surface area (TPSA) is 95.6 Å². The summed E-state index contributed by atoms with van der Waals surface area (Å²) >= 11 is 0. The van der Waals surface area contributed by atoms with Crippen molar-refractivity contribution < 1.29 is 22.4 Å². The Hall–Kier alpha value is -2.16. The number of likely N-dealkylation sites (tertiary alicyclic amines) is 1. The van der Waals surface area contributed by atoms with Gasteiger partial charge in [0.25, 0.3) is 0 Å². The maximum atomic E-state index is 13.1. The molecule has 2 fully saturated rings. The molecule has 2 heterocycles. The molecule has 2 N–H and O–H groups in total. The lowest BCUT2D eigenvalue weighted by Gasteiger charge is -2.34. The molecule has 2 unspecified atom stereocenters. The molecule has 0 spiro atoms. The van der Waals surface area contributed by atoms with E-state index in [9.17, 15) is 22.4 Å². The van der Waals surface area contributed by atoms with E-state index in [1.54, 1.807) is 11.0 Å². The standard InChI is InChI=1S/C18H24FN3O4S/c19-15-4-1-5-16(9-15)21-18(24)20-10-13-3-2-7-22(11-13)17(23)14-6-8-27(25,26)12-14/h1,4-5,9,13-14H,2-3,6-8,10-12H2,(H2,20,21,24). The van der Waals surface area contributed by atoms with E-state index >= 15 is 0 Å². The average molecular weight is 397 g/mol. The van der Waals surface area contributed by atoms with Gasteiger partial charge in [-0.05, 0) is 43.4 Å². The third kappa shape index (κ3) is 5.41. The highest BCUT2D eigenvalue weighted by atomic mass is 32.2. The molecule has 0 bridgehead atoms. The molecule has 1 aromatic carbocycles. The zero-order valence-electron chi connectivity index (χ0n) is 15.0. The van der Waals surface area contributed by atoms with E-state index in [4.69, 9.17) is 0 Å². The Morgan fingerprint density at radius 3 is 2.78 bits per heavy atom. The molecule has 2 aliphatic rings. The predicted octanol–water partition coefficient (Wildman–Crippen LogP) is 1.62. The molecule has 0 radical (unpaired) electrons. The number of hydrogen-bond acceptors (Lipinski definition) is 4. The van der Waals surface area contributed by atoms with Crippen molar-refractivity contribution in [3.05, 3.63) is 30.1 Å². The molecule has 2 atom stereocenters. The molecule has 0 saturated carbocycles. The van der Waals surface area contributed by atoms with E-state index in [1.165, 1.54) is 18.2 Å². The Labute approximate surface area is 158 Å².